The summed E-state index contributed by atoms with van der Waals surface area (Å²) in [6, 6.07) is 0. The Hall–Kier alpha value is -0.600. The second kappa shape index (κ2) is 11.4. The minimum atomic E-state index is -1.82. The molecule has 0 aromatic heterocycles. The van der Waals surface area contributed by atoms with Gasteiger partial charge < -0.3 is 74.7 Å². The molecule has 0 radical (unpaired) electrons. The molecule has 15 nitrogen and oxygen atoms in total. The third-order valence-corrected chi connectivity index (χ3v) is 5.98. The summed E-state index contributed by atoms with van der Waals surface area (Å²) in [4.78, 5) is 0. The van der Waals surface area contributed by atoms with Crippen LogP contribution in [0.25, 0.3) is 0 Å². The molecule has 3 aliphatic rings. The predicted molar refractivity (Wildman–Crippen MR) is 99.9 cm³/mol. The van der Waals surface area contributed by atoms with Gasteiger partial charge in [0.05, 0.1) is 25.9 Å². The first-order valence-corrected chi connectivity index (χ1v) is 10.5. The van der Waals surface area contributed by atoms with Crippen LogP contribution in [0.5, 0.6) is 0 Å². The molecule has 0 aliphatic carbocycles. The summed E-state index contributed by atoms with van der Waals surface area (Å²) in [5.74, 6) is 0. The van der Waals surface area contributed by atoms with Gasteiger partial charge in [-0.05, 0) is 0 Å². The standard InChI is InChI=1S/C18H32O15/c19-2-6-10(23)5(1-9(22)29-6)30-18-15(28)16(12(25)8(4-21)32-18)33-17-14(27)13(26)11(24)7(3-20)31-17/h5-28H,1-4H2/t5-,6?,7?,8?,9-,10+,11-,12-,13+,14?,15?,16+,17+,18-/m1/s1. The van der Waals surface area contributed by atoms with Crippen molar-refractivity contribution in [2.45, 2.75) is 92.4 Å². The Labute approximate surface area is 187 Å². The number of hydrogen-bond donors (Lipinski definition) is 10. The topological polar surface area (TPSA) is 248 Å². The van der Waals surface area contributed by atoms with Crippen LogP contribution in [0, 0.1) is 0 Å². The fraction of sp³-hybridized carbons (Fsp3) is 1.00. The number of aliphatic hydroxyl groups excluding tert-OH is 10. The highest BCUT2D eigenvalue weighted by molar-refractivity contribution is 4.95. The van der Waals surface area contributed by atoms with E-state index in [1.807, 2.05) is 0 Å². The van der Waals surface area contributed by atoms with Crippen LogP contribution < -0.4 is 0 Å². The zero-order valence-corrected chi connectivity index (χ0v) is 17.4. The predicted octanol–water partition coefficient (Wildman–Crippen LogP) is -6.54. The van der Waals surface area contributed by atoms with Crippen LogP contribution in [0.15, 0.2) is 0 Å². The largest absolute Gasteiger partial charge is 0.394 e. The van der Waals surface area contributed by atoms with Crippen molar-refractivity contribution in [2.24, 2.45) is 0 Å². The quantitative estimate of drug-likeness (QED) is 0.160. The van der Waals surface area contributed by atoms with Crippen molar-refractivity contribution in [3.8, 4) is 0 Å². The van der Waals surface area contributed by atoms with Gasteiger partial charge in [0.15, 0.2) is 18.9 Å². The van der Waals surface area contributed by atoms with E-state index < -0.39 is 106 Å². The first kappa shape index (κ1) is 27.0. The van der Waals surface area contributed by atoms with E-state index in [1.165, 1.54) is 0 Å². The van der Waals surface area contributed by atoms with Gasteiger partial charge in [-0.2, -0.15) is 0 Å². The molecule has 33 heavy (non-hydrogen) atoms. The molecule has 0 bridgehead atoms. The number of aliphatic hydroxyl groups is 10. The fourth-order valence-corrected chi connectivity index (χ4v) is 4.04. The first-order chi connectivity index (χ1) is 15.6. The minimum Gasteiger partial charge on any atom is -0.394 e. The lowest BCUT2D eigenvalue weighted by Gasteiger charge is -2.47. The van der Waals surface area contributed by atoms with Gasteiger partial charge >= 0.3 is 0 Å². The zero-order chi connectivity index (χ0) is 24.4. The molecule has 3 aliphatic heterocycles. The summed E-state index contributed by atoms with van der Waals surface area (Å²) in [6.45, 7) is -2.11. The summed E-state index contributed by atoms with van der Waals surface area (Å²) < 4.78 is 26.6. The molecule has 3 heterocycles. The molecular formula is C18H32O15. The minimum absolute atomic E-state index is 0.255. The van der Waals surface area contributed by atoms with E-state index in [2.05, 4.69) is 0 Å². The maximum Gasteiger partial charge on any atom is 0.187 e. The highest BCUT2D eigenvalue weighted by atomic mass is 16.7. The van der Waals surface area contributed by atoms with Crippen molar-refractivity contribution in [2.75, 3.05) is 19.8 Å². The van der Waals surface area contributed by atoms with Gasteiger partial charge in [0.25, 0.3) is 0 Å². The molecule has 15 heteroatoms. The van der Waals surface area contributed by atoms with Crippen molar-refractivity contribution < 1.29 is 74.7 Å². The summed E-state index contributed by atoms with van der Waals surface area (Å²) in [5.41, 5.74) is 0. The molecule has 5 unspecified atom stereocenters. The van der Waals surface area contributed by atoms with Crippen molar-refractivity contribution >= 4 is 0 Å². The van der Waals surface area contributed by atoms with Crippen LogP contribution >= 0.6 is 0 Å². The van der Waals surface area contributed by atoms with Gasteiger partial charge in [-0.3, -0.25) is 0 Å². The van der Waals surface area contributed by atoms with Gasteiger partial charge in [-0.15, -0.1) is 0 Å². The van der Waals surface area contributed by atoms with E-state index in [-0.39, 0.29) is 6.42 Å². The van der Waals surface area contributed by atoms with E-state index in [0.29, 0.717) is 0 Å². The lowest BCUT2D eigenvalue weighted by atomic mass is 9.96. The molecule has 3 fully saturated rings. The maximum atomic E-state index is 10.7. The molecule has 0 aromatic rings. The van der Waals surface area contributed by atoms with Crippen LogP contribution in [0.1, 0.15) is 6.42 Å². The molecule has 194 valence electrons. The Morgan fingerprint density at radius 2 is 1.06 bits per heavy atom. The molecule has 0 spiro atoms. The molecule has 3 saturated heterocycles. The molecule has 0 saturated carbocycles. The average Bonchev–Trinajstić information content (AvgIpc) is 2.80. The van der Waals surface area contributed by atoms with Crippen LogP contribution in [0.4, 0.5) is 0 Å². The second-order valence-electron chi connectivity index (χ2n) is 8.22. The first-order valence-electron chi connectivity index (χ1n) is 10.5. The number of hydrogen-bond acceptors (Lipinski definition) is 15. The fourth-order valence-electron chi connectivity index (χ4n) is 4.04. The zero-order valence-electron chi connectivity index (χ0n) is 17.4. The van der Waals surface area contributed by atoms with Gasteiger partial charge in [0.2, 0.25) is 0 Å². The van der Waals surface area contributed by atoms with Crippen LogP contribution in [-0.4, -0.2) is 157 Å². The Morgan fingerprint density at radius 1 is 0.545 bits per heavy atom. The summed E-state index contributed by atoms with van der Waals surface area (Å²) in [6.07, 6.45) is -21.8. The lowest BCUT2D eigenvalue weighted by molar-refractivity contribution is -0.371. The summed E-state index contributed by atoms with van der Waals surface area (Å²) in [5, 5.41) is 99.5. The maximum absolute atomic E-state index is 10.7. The smallest absolute Gasteiger partial charge is 0.187 e. The van der Waals surface area contributed by atoms with E-state index in [0.717, 1.165) is 0 Å². The SMILES string of the molecule is OCC1O[C@@H](O[C@@H]2C(O)[C@H](O[C@@H]3C[C@H](O)OC(CO)[C@H]3O)OC(CO)[C@H]2O)C(O)[C@@H](O)[C@@H]1O. The van der Waals surface area contributed by atoms with Gasteiger partial charge in [-0.25, -0.2) is 0 Å². The highest BCUT2D eigenvalue weighted by Gasteiger charge is 2.52. The molecule has 10 N–H and O–H groups in total. The number of rotatable bonds is 7. The lowest BCUT2D eigenvalue weighted by Crippen LogP contribution is -2.65. The van der Waals surface area contributed by atoms with Crippen molar-refractivity contribution in [1.82, 2.24) is 0 Å². The Balaban J connectivity index is 1.75. The van der Waals surface area contributed by atoms with Crippen LogP contribution in [0.2, 0.25) is 0 Å². The Morgan fingerprint density at radius 3 is 1.64 bits per heavy atom. The number of ether oxygens (including phenoxy) is 5. The van der Waals surface area contributed by atoms with Gasteiger partial charge in [0, 0.05) is 6.42 Å². The third kappa shape index (κ3) is 5.64. The summed E-state index contributed by atoms with van der Waals surface area (Å²) in [7, 11) is 0. The van der Waals surface area contributed by atoms with Gasteiger partial charge in [-0.1, -0.05) is 0 Å². The molecule has 14 atom stereocenters. The normalized spacial score (nSPS) is 51.5. The van der Waals surface area contributed by atoms with E-state index in [4.69, 9.17) is 23.7 Å². The van der Waals surface area contributed by atoms with Crippen LogP contribution in [-0.2, 0) is 23.7 Å². The van der Waals surface area contributed by atoms with Gasteiger partial charge in [0.1, 0.15) is 61.0 Å². The van der Waals surface area contributed by atoms with Crippen molar-refractivity contribution in [3.05, 3.63) is 0 Å². The van der Waals surface area contributed by atoms with Crippen molar-refractivity contribution in [3.63, 3.8) is 0 Å². The molecule has 3 rings (SSSR count). The molecular weight excluding hydrogens is 456 g/mol. The second-order valence-corrected chi connectivity index (χ2v) is 8.22. The van der Waals surface area contributed by atoms with Crippen LogP contribution in [0.3, 0.4) is 0 Å². The van der Waals surface area contributed by atoms with E-state index >= 15 is 0 Å². The monoisotopic (exact) mass is 488 g/mol. The third-order valence-electron chi connectivity index (χ3n) is 5.98. The molecule has 0 amide bonds. The Bertz CT molecular complexity index is 609. The van der Waals surface area contributed by atoms with E-state index in [1.54, 1.807) is 0 Å². The highest BCUT2D eigenvalue weighted by Crippen LogP contribution is 2.32. The van der Waals surface area contributed by atoms with E-state index in [9.17, 15) is 51.1 Å². The molecule has 0 aromatic carbocycles. The summed E-state index contributed by atoms with van der Waals surface area (Å²) >= 11 is 0. The average molecular weight is 488 g/mol. The Kier molecular flexibility index (Phi) is 9.35. The van der Waals surface area contributed by atoms with Crippen molar-refractivity contribution in [1.29, 1.82) is 0 Å².